The van der Waals surface area contributed by atoms with Crippen molar-refractivity contribution in [2.24, 2.45) is 0 Å². The van der Waals surface area contributed by atoms with Gasteiger partial charge < -0.3 is 10.2 Å². The summed E-state index contributed by atoms with van der Waals surface area (Å²) in [4.78, 5) is 39.7. The van der Waals surface area contributed by atoms with Gasteiger partial charge in [0.15, 0.2) is 5.69 Å². The fraction of sp³-hybridized carbons (Fsp3) is 0.263. The lowest BCUT2D eigenvalue weighted by Crippen LogP contribution is -2.49. The molecular formula is C19H18N4O3S. The number of rotatable bonds is 3. The van der Waals surface area contributed by atoms with Crippen LogP contribution >= 0.6 is 11.3 Å². The minimum absolute atomic E-state index is 0.00318. The van der Waals surface area contributed by atoms with Gasteiger partial charge in [0.25, 0.3) is 17.4 Å². The molecule has 3 heterocycles. The highest BCUT2D eigenvalue weighted by Crippen LogP contribution is 2.18. The van der Waals surface area contributed by atoms with Gasteiger partial charge in [0, 0.05) is 24.5 Å². The molecular weight excluding hydrogens is 364 g/mol. The zero-order valence-electron chi connectivity index (χ0n) is 14.5. The van der Waals surface area contributed by atoms with Crippen molar-refractivity contribution in [2.45, 2.75) is 18.9 Å². The predicted molar refractivity (Wildman–Crippen MR) is 103 cm³/mol. The van der Waals surface area contributed by atoms with E-state index in [9.17, 15) is 14.4 Å². The Labute approximate surface area is 159 Å². The minimum atomic E-state index is -0.349. The first-order chi connectivity index (χ1) is 13.1. The smallest absolute Gasteiger partial charge is 0.272 e. The van der Waals surface area contributed by atoms with E-state index < -0.39 is 0 Å². The lowest BCUT2D eigenvalue weighted by molar-refractivity contribution is 0.0680. The fourth-order valence-electron chi connectivity index (χ4n) is 3.38. The topological polar surface area (TPSA) is 95.2 Å². The molecule has 8 heteroatoms. The van der Waals surface area contributed by atoms with Crippen molar-refractivity contribution < 1.29 is 9.59 Å². The van der Waals surface area contributed by atoms with Gasteiger partial charge in [0.1, 0.15) is 0 Å². The van der Waals surface area contributed by atoms with Crippen LogP contribution in [0, 0.1) is 0 Å². The number of aromatic amines is 1. The predicted octanol–water partition coefficient (Wildman–Crippen LogP) is 2.02. The fourth-order valence-corrected chi connectivity index (χ4v) is 4.07. The molecule has 27 heavy (non-hydrogen) atoms. The second kappa shape index (κ2) is 7.32. The van der Waals surface area contributed by atoms with Gasteiger partial charge in [-0.25, -0.2) is 5.10 Å². The number of carbonyl (C=O) groups excluding carboxylic acids is 2. The number of nitrogens with zero attached hydrogens (tertiary/aromatic N) is 2. The summed E-state index contributed by atoms with van der Waals surface area (Å²) in [5, 5.41) is 12.1. The van der Waals surface area contributed by atoms with Crippen LogP contribution in [0.1, 0.15) is 33.0 Å². The Morgan fingerprint density at radius 3 is 2.78 bits per heavy atom. The minimum Gasteiger partial charge on any atom is -0.346 e. The van der Waals surface area contributed by atoms with E-state index in [0.29, 0.717) is 28.7 Å². The first kappa shape index (κ1) is 17.4. The first-order valence-electron chi connectivity index (χ1n) is 8.74. The van der Waals surface area contributed by atoms with E-state index in [1.807, 2.05) is 17.5 Å². The van der Waals surface area contributed by atoms with Gasteiger partial charge in [-0.1, -0.05) is 24.3 Å². The lowest BCUT2D eigenvalue weighted by atomic mass is 10.0. The number of aromatic nitrogens is 2. The summed E-state index contributed by atoms with van der Waals surface area (Å²) in [5.41, 5.74) is -0.139. The van der Waals surface area contributed by atoms with Gasteiger partial charge in [-0.15, -0.1) is 11.3 Å². The number of thiophene rings is 1. The lowest BCUT2D eigenvalue weighted by Gasteiger charge is -2.32. The molecule has 1 unspecified atom stereocenters. The Morgan fingerprint density at radius 1 is 1.19 bits per heavy atom. The van der Waals surface area contributed by atoms with E-state index in [-0.39, 0.29) is 29.1 Å². The van der Waals surface area contributed by atoms with Gasteiger partial charge in [0.2, 0.25) is 0 Å². The molecule has 0 spiro atoms. The number of nitrogens with one attached hydrogen (secondary N) is 2. The largest absolute Gasteiger partial charge is 0.346 e. The molecule has 1 atom stereocenters. The number of likely N-dealkylation sites (tertiary alicyclic amines) is 1. The molecule has 2 aromatic heterocycles. The second-order valence-corrected chi connectivity index (χ2v) is 7.44. The quantitative estimate of drug-likeness (QED) is 0.724. The van der Waals surface area contributed by atoms with Crippen LogP contribution in [0.2, 0.25) is 0 Å². The van der Waals surface area contributed by atoms with Crippen molar-refractivity contribution in [3.05, 3.63) is 62.7 Å². The van der Waals surface area contributed by atoms with Crippen LogP contribution in [0.3, 0.4) is 0 Å². The molecule has 2 N–H and O–H groups in total. The number of hydrogen-bond acceptors (Lipinski definition) is 5. The number of piperidine rings is 1. The van der Waals surface area contributed by atoms with Crippen LogP contribution in [0.25, 0.3) is 10.8 Å². The van der Waals surface area contributed by atoms with E-state index in [1.165, 1.54) is 11.3 Å². The van der Waals surface area contributed by atoms with Crippen LogP contribution in [0.4, 0.5) is 0 Å². The SMILES string of the molecule is O=C(NC1CCCN(C(=O)c2cccs2)C1)c1n[nH]c(=O)c2ccccc12. The van der Waals surface area contributed by atoms with Crippen molar-refractivity contribution in [1.82, 2.24) is 20.4 Å². The molecule has 1 aromatic carbocycles. The van der Waals surface area contributed by atoms with Crippen molar-refractivity contribution in [3.63, 3.8) is 0 Å². The van der Waals surface area contributed by atoms with E-state index in [4.69, 9.17) is 0 Å². The van der Waals surface area contributed by atoms with E-state index in [0.717, 1.165) is 12.8 Å². The highest BCUT2D eigenvalue weighted by atomic mass is 32.1. The summed E-state index contributed by atoms with van der Waals surface area (Å²) < 4.78 is 0. The third-order valence-electron chi connectivity index (χ3n) is 4.69. The third-order valence-corrected chi connectivity index (χ3v) is 5.54. The van der Waals surface area contributed by atoms with Crippen LogP contribution in [0.15, 0.2) is 46.6 Å². The van der Waals surface area contributed by atoms with Gasteiger partial charge in [-0.3, -0.25) is 14.4 Å². The summed E-state index contributed by atoms with van der Waals surface area (Å²) >= 11 is 1.42. The highest BCUT2D eigenvalue weighted by molar-refractivity contribution is 7.12. The summed E-state index contributed by atoms with van der Waals surface area (Å²) in [7, 11) is 0. The molecule has 7 nitrogen and oxygen atoms in total. The highest BCUT2D eigenvalue weighted by Gasteiger charge is 2.27. The zero-order chi connectivity index (χ0) is 18.8. The molecule has 0 radical (unpaired) electrons. The molecule has 1 saturated heterocycles. The number of hydrogen-bond donors (Lipinski definition) is 2. The maximum absolute atomic E-state index is 12.7. The first-order valence-corrected chi connectivity index (χ1v) is 9.62. The average Bonchev–Trinajstić information content (AvgIpc) is 3.23. The number of amides is 2. The van der Waals surface area contributed by atoms with Crippen LogP contribution < -0.4 is 10.9 Å². The molecule has 0 bridgehead atoms. The molecule has 1 aliphatic rings. The summed E-state index contributed by atoms with van der Waals surface area (Å²) in [5.74, 6) is -0.352. The monoisotopic (exact) mass is 382 g/mol. The Morgan fingerprint density at radius 2 is 2.00 bits per heavy atom. The van der Waals surface area contributed by atoms with E-state index >= 15 is 0 Å². The average molecular weight is 382 g/mol. The van der Waals surface area contributed by atoms with Crippen LogP contribution in [-0.4, -0.2) is 46.0 Å². The van der Waals surface area contributed by atoms with Crippen LogP contribution in [-0.2, 0) is 0 Å². The van der Waals surface area contributed by atoms with Crippen LogP contribution in [0.5, 0.6) is 0 Å². The summed E-state index contributed by atoms with van der Waals surface area (Å²) in [6.45, 7) is 1.15. The Kier molecular flexibility index (Phi) is 4.72. The summed E-state index contributed by atoms with van der Waals surface area (Å²) in [6, 6.07) is 10.4. The van der Waals surface area contributed by atoms with Crippen molar-refractivity contribution in [3.8, 4) is 0 Å². The number of benzene rings is 1. The molecule has 0 saturated carbocycles. The van der Waals surface area contributed by atoms with Gasteiger partial charge in [0.05, 0.1) is 10.3 Å². The molecule has 4 rings (SSSR count). The molecule has 2 amide bonds. The number of fused-ring (bicyclic) bond motifs is 1. The second-order valence-electron chi connectivity index (χ2n) is 6.49. The Bertz CT molecular complexity index is 1040. The van der Waals surface area contributed by atoms with E-state index in [1.54, 1.807) is 29.2 Å². The van der Waals surface area contributed by atoms with E-state index in [2.05, 4.69) is 15.5 Å². The molecule has 1 aliphatic heterocycles. The maximum Gasteiger partial charge on any atom is 0.272 e. The molecule has 3 aromatic rings. The van der Waals surface area contributed by atoms with Gasteiger partial charge in [-0.2, -0.15) is 5.10 Å². The number of H-pyrrole nitrogens is 1. The third kappa shape index (κ3) is 3.48. The van der Waals surface area contributed by atoms with Crippen molar-refractivity contribution >= 4 is 33.9 Å². The van der Waals surface area contributed by atoms with Gasteiger partial charge >= 0.3 is 0 Å². The molecule has 138 valence electrons. The molecule has 0 aliphatic carbocycles. The standard InChI is InChI=1S/C19H18N4O3S/c24-17-14-7-2-1-6-13(14)16(21-22-17)18(25)20-12-5-3-9-23(11-12)19(26)15-8-4-10-27-15/h1-2,4,6-8,10,12H,3,5,9,11H2,(H,20,25)(H,22,24). The van der Waals surface area contributed by atoms with Crippen molar-refractivity contribution in [1.29, 1.82) is 0 Å². The Balaban J connectivity index is 1.51. The normalized spacial score (nSPS) is 17.0. The summed E-state index contributed by atoms with van der Waals surface area (Å²) in [6.07, 6.45) is 1.61. The number of carbonyl (C=O) groups is 2. The maximum atomic E-state index is 12.7. The molecule has 1 fully saturated rings. The zero-order valence-corrected chi connectivity index (χ0v) is 15.3. The van der Waals surface area contributed by atoms with Gasteiger partial charge in [-0.05, 0) is 30.4 Å². The van der Waals surface area contributed by atoms with Crippen molar-refractivity contribution in [2.75, 3.05) is 13.1 Å². The Hall–Kier alpha value is -3.00.